The van der Waals surface area contributed by atoms with Gasteiger partial charge in [-0.2, -0.15) is 0 Å². The van der Waals surface area contributed by atoms with Crippen LogP contribution in [0.1, 0.15) is 60.0 Å². The first-order chi connectivity index (χ1) is 15.1. The maximum atomic E-state index is 13.9. The number of hydrogen-bond donors (Lipinski definition) is 1. The number of aromatic hydroxyl groups is 1. The van der Waals surface area contributed by atoms with E-state index >= 15 is 0 Å². The SMILES string of the molecule is CCN1C(=O)c2c(O)c(=O)c(C(=O)CCc3ccc(F)cc3F)cn2N2CCC(C)(C)[C@@H]12. The second-order valence-electron chi connectivity index (χ2n) is 8.94. The van der Waals surface area contributed by atoms with Crippen molar-refractivity contribution >= 4 is 11.7 Å². The second-order valence-corrected chi connectivity index (χ2v) is 8.94. The molecular weight excluding hydrogens is 420 g/mol. The molecule has 4 rings (SSSR count). The summed E-state index contributed by atoms with van der Waals surface area (Å²) >= 11 is 0. The molecule has 9 heteroatoms. The molecule has 3 heterocycles. The molecule has 0 spiro atoms. The van der Waals surface area contributed by atoms with Crippen LogP contribution in [0.5, 0.6) is 5.75 Å². The molecular formula is C23H25F2N3O4. The third-order valence-electron chi connectivity index (χ3n) is 6.44. The number of aryl methyl sites for hydroxylation is 1. The molecule has 0 aliphatic carbocycles. The average molecular weight is 445 g/mol. The molecule has 1 saturated heterocycles. The molecule has 1 amide bonds. The molecule has 1 aromatic heterocycles. The number of fused-ring (bicyclic) bond motifs is 3. The summed E-state index contributed by atoms with van der Waals surface area (Å²) in [4.78, 5) is 40.4. The fourth-order valence-corrected chi connectivity index (χ4v) is 4.73. The average Bonchev–Trinajstić information content (AvgIpc) is 3.05. The van der Waals surface area contributed by atoms with Crippen molar-refractivity contribution in [2.45, 2.75) is 46.2 Å². The van der Waals surface area contributed by atoms with Crippen LogP contribution in [0, 0.1) is 17.0 Å². The molecule has 0 unspecified atom stereocenters. The van der Waals surface area contributed by atoms with E-state index in [1.165, 1.54) is 16.9 Å². The van der Waals surface area contributed by atoms with Crippen molar-refractivity contribution < 1.29 is 23.5 Å². The fourth-order valence-electron chi connectivity index (χ4n) is 4.73. The summed E-state index contributed by atoms with van der Waals surface area (Å²) in [6.45, 7) is 6.91. The molecule has 0 saturated carbocycles. The molecule has 0 radical (unpaired) electrons. The van der Waals surface area contributed by atoms with Gasteiger partial charge >= 0.3 is 0 Å². The Kier molecular flexibility index (Phi) is 5.30. The Morgan fingerprint density at radius 1 is 1.25 bits per heavy atom. The lowest BCUT2D eigenvalue weighted by molar-refractivity contribution is 0.0452. The summed E-state index contributed by atoms with van der Waals surface area (Å²) < 4.78 is 28.4. The minimum atomic E-state index is -0.929. The summed E-state index contributed by atoms with van der Waals surface area (Å²) in [5.41, 5.74) is -1.44. The number of halogens is 2. The molecule has 2 aliphatic heterocycles. The van der Waals surface area contributed by atoms with Gasteiger partial charge < -0.3 is 10.0 Å². The Balaban J connectivity index is 1.71. The highest BCUT2D eigenvalue weighted by molar-refractivity contribution is 6.00. The van der Waals surface area contributed by atoms with E-state index in [2.05, 4.69) is 0 Å². The maximum absolute atomic E-state index is 13.9. The number of nitrogens with zero attached hydrogens (tertiary/aromatic N) is 3. The number of rotatable bonds is 5. The number of hydrogen-bond acceptors (Lipinski definition) is 5. The zero-order valence-electron chi connectivity index (χ0n) is 18.2. The lowest BCUT2D eigenvalue weighted by Gasteiger charge is -2.46. The second kappa shape index (κ2) is 7.72. The topological polar surface area (TPSA) is 82.9 Å². The van der Waals surface area contributed by atoms with E-state index in [0.29, 0.717) is 13.1 Å². The standard InChI is InChI=1S/C23H25F2N3O4/c1-4-26-21(32)18-20(31)19(30)15(12-28(18)27-10-9-23(2,3)22(26)27)17(29)8-6-13-5-7-14(24)11-16(13)25/h5,7,11-12,22,31H,4,6,8-10H2,1-3H3/t22-/m0/s1. The van der Waals surface area contributed by atoms with Gasteiger partial charge in [-0.15, -0.1) is 0 Å². The third-order valence-corrected chi connectivity index (χ3v) is 6.44. The van der Waals surface area contributed by atoms with Crippen LogP contribution in [0.4, 0.5) is 8.78 Å². The quantitative estimate of drug-likeness (QED) is 0.716. The summed E-state index contributed by atoms with van der Waals surface area (Å²) in [5, 5.41) is 12.5. The number of aromatic nitrogens is 1. The first kappa shape index (κ1) is 22.0. The van der Waals surface area contributed by atoms with Crippen molar-refractivity contribution in [1.82, 2.24) is 9.58 Å². The number of amides is 1. The molecule has 1 N–H and O–H groups in total. The molecule has 1 fully saturated rings. The van der Waals surface area contributed by atoms with Crippen LogP contribution >= 0.6 is 0 Å². The molecule has 0 bridgehead atoms. The third kappa shape index (κ3) is 3.36. The van der Waals surface area contributed by atoms with E-state index in [-0.39, 0.29) is 41.2 Å². The van der Waals surface area contributed by atoms with Crippen LogP contribution in [0.3, 0.4) is 0 Å². The number of pyridine rings is 1. The van der Waals surface area contributed by atoms with Crippen molar-refractivity contribution in [3.63, 3.8) is 0 Å². The van der Waals surface area contributed by atoms with Crippen molar-refractivity contribution in [1.29, 1.82) is 0 Å². The van der Waals surface area contributed by atoms with Crippen LogP contribution < -0.4 is 10.4 Å². The van der Waals surface area contributed by atoms with E-state index in [1.807, 2.05) is 25.8 Å². The number of carbonyl (C=O) groups is 2. The number of ketones is 1. The number of Topliss-reactive ketones (excluding diaryl/α,β-unsaturated/α-hetero) is 1. The van der Waals surface area contributed by atoms with Gasteiger partial charge in [-0.25, -0.2) is 8.78 Å². The Morgan fingerprint density at radius 2 is 1.97 bits per heavy atom. The molecule has 32 heavy (non-hydrogen) atoms. The number of carbonyl (C=O) groups excluding carboxylic acids is 2. The van der Waals surface area contributed by atoms with Crippen LogP contribution in [0.15, 0.2) is 29.2 Å². The molecule has 2 aliphatic rings. The minimum Gasteiger partial charge on any atom is -0.502 e. The Labute approximate surface area is 183 Å². The lowest BCUT2D eigenvalue weighted by atomic mass is 9.88. The van der Waals surface area contributed by atoms with Crippen molar-refractivity contribution in [2.75, 3.05) is 18.1 Å². The molecule has 1 atom stereocenters. The van der Waals surface area contributed by atoms with E-state index in [0.717, 1.165) is 18.6 Å². The molecule has 170 valence electrons. The highest BCUT2D eigenvalue weighted by Gasteiger charge is 2.50. The van der Waals surface area contributed by atoms with E-state index < -0.39 is 34.5 Å². The van der Waals surface area contributed by atoms with E-state index in [9.17, 15) is 28.3 Å². The first-order valence-electron chi connectivity index (χ1n) is 10.6. The van der Waals surface area contributed by atoms with Crippen molar-refractivity contribution in [3.8, 4) is 5.75 Å². The van der Waals surface area contributed by atoms with Crippen LogP contribution in [-0.2, 0) is 6.42 Å². The van der Waals surface area contributed by atoms with Gasteiger partial charge in [0.15, 0.2) is 17.2 Å². The Bertz CT molecular complexity index is 1170. The molecule has 7 nitrogen and oxygen atoms in total. The highest BCUT2D eigenvalue weighted by atomic mass is 19.1. The van der Waals surface area contributed by atoms with Gasteiger partial charge in [0.2, 0.25) is 5.43 Å². The maximum Gasteiger partial charge on any atom is 0.278 e. The van der Waals surface area contributed by atoms with Gasteiger partial charge in [-0.05, 0) is 31.4 Å². The van der Waals surface area contributed by atoms with Gasteiger partial charge in [0.25, 0.3) is 5.91 Å². The van der Waals surface area contributed by atoms with Gasteiger partial charge in [0, 0.05) is 37.2 Å². The Morgan fingerprint density at radius 3 is 2.62 bits per heavy atom. The van der Waals surface area contributed by atoms with Crippen LogP contribution in [-0.4, -0.2) is 45.6 Å². The van der Waals surface area contributed by atoms with Crippen LogP contribution in [0.2, 0.25) is 0 Å². The Hall–Kier alpha value is -3.23. The first-order valence-corrected chi connectivity index (χ1v) is 10.6. The van der Waals surface area contributed by atoms with Gasteiger partial charge in [-0.3, -0.25) is 24.1 Å². The summed E-state index contributed by atoms with van der Waals surface area (Å²) in [6.07, 6.45) is 1.56. The van der Waals surface area contributed by atoms with Gasteiger partial charge in [0.05, 0.1) is 5.56 Å². The predicted octanol–water partition coefficient (Wildman–Crippen LogP) is 2.82. The summed E-state index contributed by atoms with van der Waals surface area (Å²) in [6, 6.07) is 3.09. The zero-order valence-corrected chi connectivity index (χ0v) is 18.2. The molecule has 2 aromatic rings. The van der Waals surface area contributed by atoms with Crippen LogP contribution in [0.25, 0.3) is 0 Å². The normalized spacial score (nSPS) is 19.2. The largest absolute Gasteiger partial charge is 0.502 e. The summed E-state index contributed by atoms with van der Waals surface area (Å²) in [5.74, 6) is -3.31. The van der Waals surface area contributed by atoms with Crippen molar-refractivity contribution in [2.24, 2.45) is 5.41 Å². The van der Waals surface area contributed by atoms with E-state index in [4.69, 9.17) is 0 Å². The number of benzene rings is 1. The van der Waals surface area contributed by atoms with Gasteiger partial charge in [-0.1, -0.05) is 19.9 Å². The van der Waals surface area contributed by atoms with Crippen molar-refractivity contribution in [3.05, 3.63) is 63.1 Å². The molecule has 1 aromatic carbocycles. The lowest BCUT2D eigenvalue weighted by Crippen LogP contribution is -2.62. The predicted molar refractivity (Wildman–Crippen MR) is 113 cm³/mol. The fraction of sp³-hybridized carbons (Fsp3) is 0.435. The van der Waals surface area contributed by atoms with E-state index in [1.54, 1.807) is 4.90 Å². The van der Waals surface area contributed by atoms with Gasteiger partial charge in [0.1, 0.15) is 17.8 Å². The minimum absolute atomic E-state index is 0.0329. The smallest absolute Gasteiger partial charge is 0.278 e. The highest BCUT2D eigenvalue weighted by Crippen LogP contribution is 2.41. The zero-order chi connectivity index (χ0) is 23.4. The summed E-state index contributed by atoms with van der Waals surface area (Å²) in [7, 11) is 0. The monoisotopic (exact) mass is 445 g/mol.